The predicted octanol–water partition coefficient (Wildman–Crippen LogP) is 9.70. The van der Waals surface area contributed by atoms with Gasteiger partial charge in [0.1, 0.15) is 5.75 Å². The van der Waals surface area contributed by atoms with Crippen molar-refractivity contribution in [2.24, 2.45) is 17.8 Å². The summed E-state index contributed by atoms with van der Waals surface area (Å²) in [5.41, 5.74) is 1.53. The van der Waals surface area contributed by atoms with E-state index in [1.807, 2.05) is 0 Å². The van der Waals surface area contributed by atoms with Gasteiger partial charge in [-0.2, -0.15) is 0 Å². The molecule has 0 bridgehead atoms. The quantitative estimate of drug-likeness (QED) is 0.285. The van der Waals surface area contributed by atoms with E-state index in [4.69, 9.17) is 4.74 Å². The summed E-state index contributed by atoms with van der Waals surface area (Å²) in [7, 11) is 0. The molecule has 3 rings (SSSR count). The summed E-state index contributed by atoms with van der Waals surface area (Å²) in [4.78, 5) is 0. The summed E-state index contributed by atoms with van der Waals surface area (Å²) in [6.07, 6.45) is 24.0. The number of hydrogen-bond acceptors (Lipinski definition) is 1. The van der Waals surface area contributed by atoms with Crippen LogP contribution in [-0.4, -0.2) is 6.61 Å². The fraction of sp³-hybridized carbons (Fsp3) is 0.800. The fourth-order valence-electron chi connectivity index (χ4n) is 6.33. The van der Waals surface area contributed by atoms with Gasteiger partial charge >= 0.3 is 0 Å². The van der Waals surface area contributed by atoms with Crippen LogP contribution in [-0.2, 0) is 0 Å². The van der Waals surface area contributed by atoms with Gasteiger partial charge in [-0.25, -0.2) is 0 Å². The highest BCUT2D eigenvalue weighted by Crippen LogP contribution is 2.38. The minimum Gasteiger partial charge on any atom is -0.494 e. The van der Waals surface area contributed by atoms with Crippen LogP contribution >= 0.6 is 0 Å². The molecule has 2 atom stereocenters. The van der Waals surface area contributed by atoms with Gasteiger partial charge in [0.2, 0.25) is 0 Å². The van der Waals surface area contributed by atoms with Crippen LogP contribution in [0.25, 0.3) is 0 Å². The van der Waals surface area contributed by atoms with Gasteiger partial charge in [0.15, 0.2) is 0 Å². The molecule has 2 unspecified atom stereocenters. The monoisotopic (exact) mass is 426 g/mol. The van der Waals surface area contributed by atoms with Crippen LogP contribution in [0.1, 0.15) is 134 Å². The Labute approximate surface area is 193 Å². The van der Waals surface area contributed by atoms with Crippen LogP contribution in [0.2, 0.25) is 0 Å². The van der Waals surface area contributed by atoms with Crippen LogP contribution in [0.15, 0.2) is 24.3 Å². The predicted molar refractivity (Wildman–Crippen MR) is 135 cm³/mol. The molecule has 0 aromatic heterocycles. The van der Waals surface area contributed by atoms with Crippen molar-refractivity contribution in [3.05, 3.63) is 29.8 Å². The number of hydrogen-bond donors (Lipinski definition) is 0. The average Bonchev–Trinajstić information content (AvgIpc) is 2.83. The van der Waals surface area contributed by atoms with Gasteiger partial charge in [-0.3, -0.25) is 0 Å². The van der Waals surface area contributed by atoms with E-state index in [9.17, 15) is 0 Å². The van der Waals surface area contributed by atoms with Gasteiger partial charge in [-0.1, -0.05) is 96.6 Å². The number of unbranched alkanes of at least 4 members (excludes halogenated alkanes) is 4. The molecule has 2 aliphatic rings. The molecule has 0 spiro atoms. The summed E-state index contributed by atoms with van der Waals surface area (Å²) in [5, 5.41) is 0. The first kappa shape index (κ1) is 24.7. The van der Waals surface area contributed by atoms with E-state index in [-0.39, 0.29) is 0 Å². The van der Waals surface area contributed by atoms with E-state index < -0.39 is 0 Å². The Kier molecular flexibility index (Phi) is 11.3. The molecular weight excluding hydrogens is 376 g/mol. The molecule has 0 radical (unpaired) electrons. The number of rotatable bonds is 13. The van der Waals surface area contributed by atoms with Gasteiger partial charge in [0, 0.05) is 0 Å². The third-order valence-electron chi connectivity index (χ3n) is 8.51. The van der Waals surface area contributed by atoms with Crippen molar-refractivity contribution in [1.29, 1.82) is 0 Å². The third-order valence-corrected chi connectivity index (χ3v) is 8.51. The van der Waals surface area contributed by atoms with Crippen LogP contribution in [0.3, 0.4) is 0 Å². The topological polar surface area (TPSA) is 9.23 Å². The Hall–Kier alpha value is -0.980. The highest BCUT2D eigenvalue weighted by atomic mass is 16.5. The van der Waals surface area contributed by atoms with E-state index in [1.165, 1.54) is 115 Å². The maximum absolute atomic E-state index is 6.13. The van der Waals surface area contributed by atoms with Crippen LogP contribution in [0, 0.1) is 17.8 Å². The van der Waals surface area contributed by atoms with Gasteiger partial charge in [0.25, 0.3) is 0 Å². The molecule has 0 aliphatic heterocycles. The molecule has 0 heterocycles. The highest BCUT2D eigenvalue weighted by molar-refractivity contribution is 5.29. The van der Waals surface area contributed by atoms with Crippen molar-refractivity contribution < 1.29 is 4.74 Å². The van der Waals surface area contributed by atoms with Crippen molar-refractivity contribution in [2.75, 3.05) is 6.61 Å². The number of benzene rings is 1. The van der Waals surface area contributed by atoms with Crippen molar-refractivity contribution in [1.82, 2.24) is 0 Å². The molecule has 2 saturated carbocycles. The summed E-state index contributed by atoms with van der Waals surface area (Å²) in [6.45, 7) is 5.55. The maximum Gasteiger partial charge on any atom is 0.119 e. The molecule has 31 heavy (non-hydrogen) atoms. The van der Waals surface area contributed by atoms with Crippen molar-refractivity contribution >= 4 is 0 Å². The smallest absolute Gasteiger partial charge is 0.119 e. The Bertz CT molecular complexity index is 569. The SMILES string of the molecule is CCCCCCCC1CCCCC1CCCOc1ccc(C2CCC(CC)CC2)cc1. The van der Waals surface area contributed by atoms with Gasteiger partial charge in [-0.15, -0.1) is 0 Å². The average molecular weight is 427 g/mol. The van der Waals surface area contributed by atoms with Crippen LogP contribution < -0.4 is 4.74 Å². The highest BCUT2D eigenvalue weighted by Gasteiger charge is 2.24. The van der Waals surface area contributed by atoms with E-state index in [0.717, 1.165) is 36.0 Å². The second kappa shape index (κ2) is 14.2. The molecule has 1 heteroatoms. The lowest BCUT2D eigenvalue weighted by Gasteiger charge is -2.32. The molecule has 2 aliphatic carbocycles. The van der Waals surface area contributed by atoms with Crippen molar-refractivity contribution in [3.8, 4) is 5.75 Å². The largest absolute Gasteiger partial charge is 0.494 e. The zero-order valence-electron chi connectivity index (χ0n) is 20.8. The van der Waals surface area contributed by atoms with Crippen molar-refractivity contribution in [3.63, 3.8) is 0 Å². The van der Waals surface area contributed by atoms with E-state index >= 15 is 0 Å². The maximum atomic E-state index is 6.13. The third kappa shape index (κ3) is 8.47. The molecule has 1 aromatic rings. The molecule has 0 amide bonds. The van der Waals surface area contributed by atoms with Gasteiger partial charge in [-0.05, 0) is 79.9 Å². The molecule has 2 fully saturated rings. The molecule has 0 saturated heterocycles. The molecule has 0 N–H and O–H groups in total. The lowest BCUT2D eigenvalue weighted by molar-refractivity contribution is 0.190. The van der Waals surface area contributed by atoms with Crippen LogP contribution in [0.4, 0.5) is 0 Å². The second-order valence-electron chi connectivity index (χ2n) is 10.7. The standard InChI is InChI=1S/C30H50O/c1-3-5-6-7-8-12-26-13-9-10-14-27(26)15-11-24-31-30-22-20-29(21-23-30)28-18-16-25(4-2)17-19-28/h20-23,25-28H,3-19,24H2,1-2H3. The summed E-state index contributed by atoms with van der Waals surface area (Å²) >= 11 is 0. The van der Waals surface area contributed by atoms with Gasteiger partial charge in [0.05, 0.1) is 6.61 Å². The minimum atomic E-state index is 0.780. The Morgan fingerprint density at radius 3 is 2.00 bits per heavy atom. The van der Waals surface area contributed by atoms with E-state index in [1.54, 1.807) is 0 Å². The molecule has 1 nitrogen and oxygen atoms in total. The Balaban J connectivity index is 1.33. The molecular formula is C30H50O. The van der Waals surface area contributed by atoms with Crippen LogP contribution in [0.5, 0.6) is 5.75 Å². The molecule has 176 valence electrons. The first-order chi connectivity index (χ1) is 15.3. The zero-order chi connectivity index (χ0) is 21.7. The first-order valence-electron chi connectivity index (χ1n) is 14.0. The molecule has 1 aromatic carbocycles. The van der Waals surface area contributed by atoms with E-state index in [2.05, 4.69) is 38.1 Å². The normalized spacial score (nSPS) is 26.6. The lowest BCUT2D eigenvalue weighted by Crippen LogP contribution is -2.20. The van der Waals surface area contributed by atoms with Crippen molar-refractivity contribution in [2.45, 2.75) is 129 Å². The Morgan fingerprint density at radius 1 is 0.710 bits per heavy atom. The summed E-state index contributed by atoms with van der Waals surface area (Å²) < 4.78 is 6.13. The zero-order valence-corrected chi connectivity index (χ0v) is 20.8. The van der Waals surface area contributed by atoms with E-state index in [0.29, 0.717) is 0 Å². The van der Waals surface area contributed by atoms with Gasteiger partial charge < -0.3 is 4.74 Å². The lowest BCUT2D eigenvalue weighted by atomic mass is 9.74. The first-order valence-corrected chi connectivity index (χ1v) is 14.0. The number of ether oxygens (including phenoxy) is 1. The minimum absolute atomic E-state index is 0.780. The second-order valence-corrected chi connectivity index (χ2v) is 10.7. The summed E-state index contributed by atoms with van der Waals surface area (Å²) in [6, 6.07) is 9.12. The Morgan fingerprint density at radius 2 is 1.35 bits per heavy atom. The summed E-state index contributed by atoms with van der Waals surface area (Å²) in [5.74, 6) is 4.79. The fourth-order valence-corrected chi connectivity index (χ4v) is 6.33.